The smallest absolute Gasteiger partial charge is 0.404 e. The van der Waals surface area contributed by atoms with Crippen LogP contribution in [0.5, 0.6) is 11.5 Å². The Hall–Kier alpha value is -3.65. The fourth-order valence-corrected chi connectivity index (χ4v) is 4.55. The van der Waals surface area contributed by atoms with Gasteiger partial charge in [-0.1, -0.05) is 60.7 Å². The third-order valence-corrected chi connectivity index (χ3v) is 6.27. The van der Waals surface area contributed by atoms with Crippen molar-refractivity contribution in [2.24, 2.45) is 0 Å². The molecule has 7 heteroatoms. The van der Waals surface area contributed by atoms with Gasteiger partial charge in [-0.25, -0.2) is 4.79 Å². The molecule has 0 saturated heterocycles. The Labute approximate surface area is 211 Å². The van der Waals surface area contributed by atoms with Crippen LogP contribution in [0.4, 0.5) is 4.79 Å². The predicted molar refractivity (Wildman–Crippen MR) is 138 cm³/mol. The summed E-state index contributed by atoms with van der Waals surface area (Å²) in [7, 11) is 0. The first-order valence-corrected chi connectivity index (χ1v) is 12.1. The number of carboxylic acid groups (broad SMARTS) is 1. The van der Waals surface area contributed by atoms with Crippen LogP contribution in [0, 0.1) is 0 Å². The average molecular weight is 489 g/mol. The number of carbonyl (C=O) groups is 1. The zero-order chi connectivity index (χ0) is 25.3. The number of nitrogens with one attached hydrogen (secondary N) is 2. The first kappa shape index (κ1) is 25.4. The Kier molecular flexibility index (Phi) is 8.73. The molecule has 0 aromatic heterocycles. The van der Waals surface area contributed by atoms with E-state index in [1.54, 1.807) is 6.08 Å². The van der Waals surface area contributed by atoms with E-state index < -0.39 is 18.2 Å². The van der Waals surface area contributed by atoms with Crippen molar-refractivity contribution in [3.63, 3.8) is 0 Å². The topological polar surface area (TPSA) is 100 Å². The maximum atomic E-state index is 11.4. The number of ether oxygens (including phenoxy) is 2. The number of amides is 1. The van der Waals surface area contributed by atoms with Crippen molar-refractivity contribution < 1.29 is 24.5 Å². The zero-order valence-corrected chi connectivity index (χ0v) is 20.0. The molecule has 0 radical (unpaired) electrons. The van der Waals surface area contributed by atoms with Crippen LogP contribution in [0.3, 0.4) is 0 Å². The molecule has 0 fully saturated rings. The molecule has 0 heterocycles. The summed E-state index contributed by atoms with van der Waals surface area (Å²) in [6.45, 7) is 4.39. The molecule has 0 bridgehead atoms. The van der Waals surface area contributed by atoms with Crippen molar-refractivity contribution in [3.8, 4) is 11.5 Å². The number of para-hydroxylation sites is 1. The van der Waals surface area contributed by atoms with E-state index in [9.17, 15) is 15.0 Å². The van der Waals surface area contributed by atoms with E-state index in [2.05, 4.69) is 17.2 Å². The Balaban J connectivity index is 1.48. The lowest BCUT2D eigenvalue weighted by Gasteiger charge is -2.25. The average Bonchev–Trinajstić information content (AvgIpc) is 3.23. The number of benzene rings is 3. The van der Waals surface area contributed by atoms with E-state index in [0.29, 0.717) is 25.2 Å². The molecule has 1 aliphatic carbocycles. The van der Waals surface area contributed by atoms with Crippen molar-refractivity contribution in [2.45, 2.75) is 37.1 Å². The highest BCUT2D eigenvalue weighted by Crippen LogP contribution is 2.43. The van der Waals surface area contributed by atoms with Gasteiger partial charge in [0.05, 0.1) is 24.9 Å². The number of aliphatic hydroxyl groups is 1. The lowest BCUT2D eigenvalue weighted by Crippen LogP contribution is -2.48. The number of aliphatic hydroxyl groups excluding tert-OH is 1. The van der Waals surface area contributed by atoms with Gasteiger partial charge in [-0.2, -0.15) is 0 Å². The van der Waals surface area contributed by atoms with E-state index in [4.69, 9.17) is 9.47 Å². The summed E-state index contributed by atoms with van der Waals surface area (Å²) in [6.07, 6.45) is 0.583. The number of rotatable bonds is 12. The van der Waals surface area contributed by atoms with Crippen LogP contribution in [0.1, 0.15) is 35.3 Å². The van der Waals surface area contributed by atoms with E-state index in [-0.39, 0.29) is 18.7 Å². The van der Waals surface area contributed by atoms with Crippen molar-refractivity contribution in [3.05, 3.63) is 108 Å². The summed E-state index contributed by atoms with van der Waals surface area (Å²) < 4.78 is 12.0. The SMILES string of the molecule is C=CCOC1CC(NC[C@@H](O)[C@H](Cc2ccccc2)NC(=O)O)c2cc(Oc3ccccc3)ccc21. The maximum Gasteiger partial charge on any atom is 0.404 e. The van der Waals surface area contributed by atoms with Crippen LogP contribution in [0.2, 0.25) is 0 Å². The highest BCUT2D eigenvalue weighted by Gasteiger charge is 2.33. The molecule has 36 heavy (non-hydrogen) atoms. The van der Waals surface area contributed by atoms with Crippen molar-refractivity contribution in [1.82, 2.24) is 10.6 Å². The van der Waals surface area contributed by atoms with E-state index in [0.717, 1.165) is 22.4 Å². The summed E-state index contributed by atoms with van der Waals surface area (Å²) in [5.41, 5.74) is 3.05. The quantitative estimate of drug-likeness (QED) is 0.268. The van der Waals surface area contributed by atoms with Gasteiger partial charge in [-0.3, -0.25) is 0 Å². The van der Waals surface area contributed by atoms with Gasteiger partial charge in [-0.15, -0.1) is 6.58 Å². The van der Waals surface area contributed by atoms with E-state index >= 15 is 0 Å². The third kappa shape index (κ3) is 6.73. The largest absolute Gasteiger partial charge is 0.465 e. The molecule has 1 amide bonds. The monoisotopic (exact) mass is 488 g/mol. The molecule has 1 aliphatic rings. The van der Waals surface area contributed by atoms with Crippen LogP contribution < -0.4 is 15.4 Å². The van der Waals surface area contributed by atoms with Crippen molar-refractivity contribution >= 4 is 6.09 Å². The van der Waals surface area contributed by atoms with Crippen LogP contribution >= 0.6 is 0 Å². The standard InChI is InChI=1S/C29H32N2O5/c1-2-15-35-28-18-25(24-17-22(13-14-23(24)28)36-21-11-7-4-8-12-21)30-19-27(32)26(31-29(33)34)16-20-9-5-3-6-10-20/h2-14,17,25-28,30-32H,1,15-16,18-19H2,(H,33,34)/t25?,26-,27+,28?/m0/s1. The normalized spacial score (nSPS) is 18.1. The molecule has 2 unspecified atom stereocenters. The first-order chi connectivity index (χ1) is 17.5. The maximum absolute atomic E-state index is 11.4. The molecule has 7 nitrogen and oxygen atoms in total. The van der Waals surface area contributed by atoms with Crippen LogP contribution in [-0.2, 0) is 11.2 Å². The Morgan fingerprint density at radius 3 is 2.44 bits per heavy atom. The Bertz CT molecular complexity index is 1140. The van der Waals surface area contributed by atoms with Gasteiger partial charge in [-0.05, 0) is 53.8 Å². The molecular weight excluding hydrogens is 456 g/mol. The fraction of sp³-hybridized carbons (Fsp3) is 0.276. The van der Waals surface area contributed by atoms with Crippen LogP contribution in [0.25, 0.3) is 0 Å². The van der Waals surface area contributed by atoms with Gasteiger partial charge in [0.2, 0.25) is 0 Å². The van der Waals surface area contributed by atoms with E-state index in [1.165, 1.54) is 0 Å². The molecule has 4 rings (SSSR count). The minimum Gasteiger partial charge on any atom is -0.465 e. The van der Waals surface area contributed by atoms with Gasteiger partial charge < -0.3 is 30.3 Å². The van der Waals surface area contributed by atoms with Gasteiger partial charge in [0.1, 0.15) is 11.5 Å². The molecule has 4 atom stereocenters. The predicted octanol–water partition coefficient (Wildman–Crippen LogP) is 5.00. The molecule has 3 aromatic rings. The molecule has 188 valence electrons. The van der Waals surface area contributed by atoms with Crippen LogP contribution in [0.15, 0.2) is 91.5 Å². The van der Waals surface area contributed by atoms with Crippen molar-refractivity contribution in [1.29, 1.82) is 0 Å². The van der Waals surface area contributed by atoms with Gasteiger partial charge >= 0.3 is 6.09 Å². The summed E-state index contributed by atoms with van der Waals surface area (Å²) in [4.78, 5) is 11.4. The third-order valence-electron chi connectivity index (χ3n) is 6.27. The van der Waals surface area contributed by atoms with Gasteiger partial charge in [0.25, 0.3) is 0 Å². The van der Waals surface area contributed by atoms with Crippen molar-refractivity contribution in [2.75, 3.05) is 13.2 Å². The summed E-state index contributed by atoms with van der Waals surface area (Å²) in [5, 5.41) is 26.1. The molecule has 4 N–H and O–H groups in total. The number of fused-ring (bicyclic) bond motifs is 1. The second-order valence-electron chi connectivity index (χ2n) is 8.83. The lowest BCUT2D eigenvalue weighted by atomic mass is 10.0. The second kappa shape index (κ2) is 12.4. The first-order valence-electron chi connectivity index (χ1n) is 12.1. The minimum atomic E-state index is -1.17. The Morgan fingerprint density at radius 2 is 1.75 bits per heavy atom. The highest BCUT2D eigenvalue weighted by molar-refractivity contribution is 5.65. The van der Waals surface area contributed by atoms with E-state index in [1.807, 2.05) is 78.9 Å². The zero-order valence-electron chi connectivity index (χ0n) is 20.0. The number of hydrogen-bond acceptors (Lipinski definition) is 5. The second-order valence-corrected chi connectivity index (χ2v) is 8.83. The molecule has 3 aromatic carbocycles. The fourth-order valence-electron chi connectivity index (χ4n) is 4.55. The Morgan fingerprint density at radius 1 is 1.03 bits per heavy atom. The molecular formula is C29H32N2O5. The van der Waals surface area contributed by atoms with Crippen LogP contribution in [-0.4, -0.2) is 41.6 Å². The van der Waals surface area contributed by atoms with Gasteiger partial charge in [0.15, 0.2) is 0 Å². The molecule has 0 aliphatic heterocycles. The summed E-state index contributed by atoms with van der Waals surface area (Å²) in [5.74, 6) is 1.46. The summed E-state index contributed by atoms with van der Waals surface area (Å²) in [6, 6.07) is 24.3. The molecule has 0 saturated carbocycles. The molecule has 0 spiro atoms. The highest BCUT2D eigenvalue weighted by atomic mass is 16.5. The minimum absolute atomic E-state index is 0.0917. The lowest BCUT2D eigenvalue weighted by molar-refractivity contribution is 0.0672. The van der Waals surface area contributed by atoms with Gasteiger partial charge in [0, 0.05) is 12.6 Å². The number of hydrogen-bond donors (Lipinski definition) is 4. The summed E-state index contributed by atoms with van der Waals surface area (Å²) >= 11 is 0.